The molecule has 32 heavy (non-hydrogen) atoms. The maximum absolute atomic E-state index is 12.3. The summed E-state index contributed by atoms with van der Waals surface area (Å²) in [6.45, 7) is 8.51. The largest absolute Gasteiger partial charge is 0.317 e. The van der Waals surface area contributed by atoms with Crippen molar-refractivity contribution in [3.8, 4) is 5.69 Å². The van der Waals surface area contributed by atoms with Gasteiger partial charge in [-0.05, 0) is 56.5 Å². The molecule has 0 unspecified atom stereocenters. The van der Waals surface area contributed by atoms with Gasteiger partial charge in [-0.2, -0.15) is 5.10 Å². The Labute approximate surface area is 196 Å². The third-order valence-electron chi connectivity index (χ3n) is 5.39. The summed E-state index contributed by atoms with van der Waals surface area (Å²) in [5.41, 5.74) is 10.6. The Bertz CT molecular complexity index is 1270. The van der Waals surface area contributed by atoms with Gasteiger partial charge in [0.15, 0.2) is 4.34 Å². The minimum Gasteiger partial charge on any atom is -0.317 e. The quantitative estimate of drug-likeness (QED) is 0.214. The van der Waals surface area contributed by atoms with Crippen LogP contribution in [0.15, 0.2) is 58.0 Å². The first kappa shape index (κ1) is 22.3. The molecule has 0 bridgehead atoms. The number of rotatable bonds is 7. The molecule has 2 aromatic carbocycles. The van der Waals surface area contributed by atoms with Crippen molar-refractivity contribution in [1.29, 1.82) is 0 Å². The molecule has 164 valence electrons. The number of thiazole rings is 1. The lowest BCUT2D eigenvalue weighted by atomic mass is 10.1. The molecule has 2 aromatic heterocycles. The molecule has 0 aliphatic rings. The molecular formula is C25H26N4OS2. The topological polar surface area (TPSA) is 59.3 Å². The van der Waals surface area contributed by atoms with Gasteiger partial charge in [-0.1, -0.05) is 49.0 Å². The number of thioether (sulfide) groups is 1. The van der Waals surface area contributed by atoms with Crippen LogP contribution in [0.4, 0.5) is 0 Å². The van der Waals surface area contributed by atoms with E-state index in [2.05, 4.69) is 72.0 Å². The smallest absolute Gasteiger partial charge is 0.250 e. The van der Waals surface area contributed by atoms with Gasteiger partial charge in [0, 0.05) is 17.0 Å². The van der Waals surface area contributed by atoms with Crippen LogP contribution in [0.3, 0.4) is 0 Å². The number of carbonyl (C=O) groups excluding carboxylic acids is 1. The maximum atomic E-state index is 12.3. The lowest BCUT2D eigenvalue weighted by Crippen LogP contribution is -2.19. The SMILES string of the molecule is CCc1cccc(C)c1-n1c(C)cc(/C=N/NC(=O)CSc2nc3ccccc3s2)c1C. The number of nitrogens with one attached hydrogen (secondary N) is 1. The maximum Gasteiger partial charge on any atom is 0.250 e. The standard InChI is InChI=1S/C25H26N4OS2/c1-5-19-10-8-9-16(2)24(19)29-17(3)13-20(18(29)4)14-26-28-23(30)15-31-25-27-21-11-6-7-12-22(21)32-25/h6-14H,5,15H2,1-4H3,(H,28,30)/b26-14+. The van der Waals surface area contributed by atoms with Crippen molar-refractivity contribution in [2.45, 2.75) is 38.5 Å². The van der Waals surface area contributed by atoms with E-state index in [1.807, 2.05) is 24.3 Å². The highest BCUT2D eigenvalue weighted by molar-refractivity contribution is 8.01. The predicted octanol–water partition coefficient (Wildman–Crippen LogP) is 5.82. The molecule has 0 aliphatic carbocycles. The number of fused-ring (bicyclic) bond motifs is 1. The van der Waals surface area contributed by atoms with Crippen LogP contribution < -0.4 is 5.43 Å². The first-order valence-electron chi connectivity index (χ1n) is 10.6. The van der Waals surface area contributed by atoms with Crippen molar-refractivity contribution in [1.82, 2.24) is 15.0 Å². The van der Waals surface area contributed by atoms with E-state index in [1.165, 1.54) is 28.6 Å². The number of carbonyl (C=O) groups is 1. The first-order chi connectivity index (χ1) is 15.5. The number of hydrazone groups is 1. The summed E-state index contributed by atoms with van der Waals surface area (Å²) in [6, 6.07) is 16.5. The molecule has 1 N–H and O–H groups in total. The Hall–Kier alpha value is -2.90. The molecule has 0 saturated heterocycles. The zero-order valence-corrected chi connectivity index (χ0v) is 20.3. The van der Waals surface area contributed by atoms with Gasteiger partial charge in [-0.25, -0.2) is 10.4 Å². The van der Waals surface area contributed by atoms with E-state index >= 15 is 0 Å². The van der Waals surface area contributed by atoms with E-state index in [0.29, 0.717) is 0 Å². The first-order valence-corrected chi connectivity index (χ1v) is 12.4. The Kier molecular flexibility index (Phi) is 6.77. The Balaban J connectivity index is 1.43. The van der Waals surface area contributed by atoms with Crippen LogP contribution in [0, 0.1) is 20.8 Å². The molecule has 0 atom stereocenters. The van der Waals surface area contributed by atoms with Crippen molar-refractivity contribution in [3.05, 3.63) is 76.6 Å². The fourth-order valence-corrected chi connectivity index (χ4v) is 5.69. The predicted molar refractivity (Wildman–Crippen MR) is 135 cm³/mol. The average molecular weight is 463 g/mol. The van der Waals surface area contributed by atoms with Gasteiger partial charge in [0.2, 0.25) is 0 Å². The molecule has 4 rings (SSSR count). The van der Waals surface area contributed by atoms with Gasteiger partial charge in [-0.15, -0.1) is 11.3 Å². The van der Waals surface area contributed by atoms with Crippen molar-refractivity contribution in [3.63, 3.8) is 0 Å². The molecule has 0 aliphatic heterocycles. The summed E-state index contributed by atoms with van der Waals surface area (Å²) in [5.74, 6) is 0.130. The molecule has 5 nitrogen and oxygen atoms in total. The lowest BCUT2D eigenvalue weighted by molar-refractivity contribution is -0.118. The van der Waals surface area contributed by atoms with Crippen LogP contribution in [-0.4, -0.2) is 27.4 Å². The van der Waals surface area contributed by atoms with Crippen molar-refractivity contribution < 1.29 is 4.79 Å². The zero-order chi connectivity index (χ0) is 22.7. The number of aromatic nitrogens is 2. The average Bonchev–Trinajstić information content (AvgIpc) is 3.32. The highest BCUT2D eigenvalue weighted by atomic mass is 32.2. The second kappa shape index (κ2) is 9.71. The van der Waals surface area contributed by atoms with Gasteiger partial charge >= 0.3 is 0 Å². The van der Waals surface area contributed by atoms with E-state index in [9.17, 15) is 4.79 Å². The molecule has 0 radical (unpaired) electrons. The molecule has 2 heterocycles. The van der Waals surface area contributed by atoms with E-state index in [4.69, 9.17) is 0 Å². The summed E-state index contributed by atoms with van der Waals surface area (Å²) < 4.78 is 4.29. The van der Waals surface area contributed by atoms with E-state index < -0.39 is 0 Å². The van der Waals surface area contributed by atoms with Crippen LogP contribution >= 0.6 is 23.1 Å². The van der Waals surface area contributed by atoms with Crippen LogP contribution in [0.5, 0.6) is 0 Å². The number of hydrogen-bond donors (Lipinski definition) is 1. The van der Waals surface area contributed by atoms with Crippen LogP contribution in [0.25, 0.3) is 15.9 Å². The van der Waals surface area contributed by atoms with Gasteiger partial charge in [-0.3, -0.25) is 4.79 Å². The fourth-order valence-electron chi connectivity index (χ4n) is 3.83. The van der Waals surface area contributed by atoms with Gasteiger partial charge in [0.1, 0.15) is 0 Å². The van der Waals surface area contributed by atoms with E-state index in [0.717, 1.165) is 37.9 Å². The summed E-state index contributed by atoms with van der Waals surface area (Å²) in [6.07, 6.45) is 2.70. The highest BCUT2D eigenvalue weighted by Crippen LogP contribution is 2.29. The molecule has 1 amide bonds. The molecule has 4 aromatic rings. The summed E-state index contributed by atoms with van der Waals surface area (Å²) >= 11 is 3.03. The number of hydrogen-bond acceptors (Lipinski definition) is 5. The summed E-state index contributed by atoms with van der Waals surface area (Å²) in [4.78, 5) is 16.8. The molecule has 0 spiro atoms. The van der Waals surface area contributed by atoms with Gasteiger partial charge < -0.3 is 4.57 Å². The lowest BCUT2D eigenvalue weighted by Gasteiger charge is -2.17. The number of nitrogens with zero attached hydrogens (tertiary/aromatic N) is 3. The molecule has 0 saturated carbocycles. The monoisotopic (exact) mass is 462 g/mol. The van der Waals surface area contributed by atoms with Crippen LogP contribution in [0.1, 0.15) is 35.0 Å². The van der Waals surface area contributed by atoms with Gasteiger partial charge in [0.05, 0.1) is 27.9 Å². The highest BCUT2D eigenvalue weighted by Gasteiger charge is 2.14. The summed E-state index contributed by atoms with van der Waals surface area (Å²) in [5, 5.41) is 4.20. The number of para-hydroxylation sites is 2. The van der Waals surface area contributed by atoms with Crippen molar-refractivity contribution in [2.75, 3.05) is 5.75 Å². The fraction of sp³-hybridized carbons (Fsp3) is 0.240. The van der Waals surface area contributed by atoms with Crippen molar-refractivity contribution >= 4 is 45.4 Å². The second-order valence-corrected chi connectivity index (χ2v) is 9.88. The van der Waals surface area contributed by atoms with E-state index in [-0.39, 0.29) is 11.7 Å². The Morgan fingerprint density at radius 3 is 2.78 bits per heavy atom. The summed E-state index contributed by atoms with van der Waals surface area (Å²) in [7, 11) is 0. The van der Waals surface area contributed by atoms with Crippen molar-refractivity contribution in [2.24, 2.45) is 5.10 Å². The zero-order valence-electron chi connectivity index (χ0n) is 18.7. The number of benzene rings is 2. The van der Waals surface area contributed by atoms with Gasteiger partial charge in [0.25, 0.3) is 5.91 Å². The Morgan fingerprint density at radius 2 is 2.00 bits per heavy atom. The van der Waals surface area contributed by atoms with Crippen LogP contribution in [-0.2, 0) is 11.2 Å². The minimum absolute atomic E-state index is 0.147. The normalized spacial score (nSPS) is 11.5. The number of amides is 1. The second-order valence-electron chi connectivity index (χ2n) is 7.63. The molecular weight excluding hydrogens is 436 g/mol. The van der Waals surface area contributed by atoms with E-state index in [1.54, 1.807) is 17.6 Å². The molecule has 7 heteroatoms. The minimum atomic E-state index is -0.147. The molecule has 0 fully saturated rings. The number of aryl methyl sites for hydroxylation is 3. The third-order valence-corrected chi connectivity index (χ3v) is 7.57. The van der Waals surface area contributed by atoms with Crippen LogP contribution in [0.2, 0.25) is 0 Å². The Morgan fingerprint density at radius 1 is 1.19 bits per heavy atom. The third kappa shape index (κ3) is 4.64.